The first-order valence-electron chi connectivity index (χ1n) is 12.2. The predicted octanol–water partition coefficient (Wildman–Crippen LogP) is 2.20. The van der Waals surface area contributed by atoms with Crippen molar-refractivity contribution < 1.29 is 19.0 Å². The Morgan fingerprint density at radius 1 is 1.09 bits per heavy atom. The lowest BCUT2D eigenvalue weighted by Gasteiger charge is -2.36. The number of carbonyl (C=O) groups is 1. The SMILES string of the molecule is CC1(C)Cc2c(c(N3CCOCC3)nc3sc4c(NCC(=O)N5CCOCC5)ncnc4c23)CO1. The first-order valence-corrected chi connectivity index (χ1v) is 13.0. The standard InChI is InChI=1S/C24H30N6O4S/c1-24(2)11-15-16(13-34-24)22(30-5-9-33-10-6-30)28-23-18(15)19-20(35-23)21(27-14-26-19)25-12-17(31)29-3-7-32-8-4-29/h14H,3-13H2,1-2H3,(H,25,26,27). The number of hydrogen-bond acceptors (Lipinski definition) is 10. The molecule has 6 heterocycles. The molecule has 3 aromatic heterocycles. The molecule has 10 nitrogen and oxygen atoms in total. The summed E-state index contributed by atoms with van der Waals surface area (Å²) >= 11 is 1.58. The van der Waals surface area contributed by atoms with Crippen molar-refractivity contribution in [2.24, 2.45) is 0 Å². The number of rotatable bonds is 4. The van der Waals surface area contributed by atoms with E-state index in [4.69, 9.17) is 19.2 Å². The van der Waals surface area contributed by atoms with Crippen molar-refractivity contribution in [3.8, 4) is 0 Å². The molecular formula is C24H30N6O4S. The Morgan fingerprint density at radius 3 is 2.60 bits per heavy atom. The lowest BCUT2D eigenvalue weighted by molar-refractivity contribution is -0.133. The van der Waals surface area contributed by atoms with Crippen LogP contribution in [0.3, 0.4) is 0 Å². The van der Waals surface area contributed by atoms with Gasteiger partial charge in [0.25, 0.3) is 0 Å². The summed E-state index contributed by atoms with van der Waals surface area (Å²) in [4.78, 5) is 32.1. The fraction of sp³-hybridized carbons (Fsp3) is 0.583. The lowest BCUT2D eigenvalue weighted by Crippen LogP contribution is -2.43. The molecule has 6 rings (SSSR count). The Kier molecular flexibility index (Phi) is 5.95. The number of morpholine rings is 2. The van der Waals surface area contributed by atoms with Gasteiger partial charge in [-0.3, -0.25) is 4.79 Å². The number of nitrogens with zero attached hydrogens (tertiary/aromatic N) is 5. The number of fused-ring (bicyclic) bond motifs is 5. The summed E-state index contributed by atoms with van der Waals surface area (Å²) in [6, 6.07) is 0. The van der Waals surface area contributed by atoms with Crippen LogP contribution in [0.15, 0.2) is 6.33 Å². The minimum Gasteiger partial charge on any atom is -0.378 e. The number of ether oxygens (including phenoxy) is 3. The monoisotopic (exact) mass is 498 g/mol. The van der Waals surface area contributed by atoms with Gasteiger partial charge in [0.05, 0.1) is 55.4 Å². The second-order valence-corrected chi connectivity index (χ2v) is 10.7. The topological polar surface area (TPSA) is 102 Å². The molecule has 0 aromatic carbocycles. The maximum Gasteiger partial charge on any atom is 0.242 e. The number of aromatic nitrogens is 3. The maximum atomic E-state index is 12.7. The molecule has 35 heavy (non-hydrogen) atoms. The van der Waals surface area contributed by atoms with Gasteiger partial charge in [0.2, 0.25) is 5.91 Å². The largest absolute Gasteiger partial charge is 0.378 e. The van der Waals surface area contributed by atoms with Crippen LogP contribution >= 0.6 is 11.3 Å². The third-order valence-corrected chi connectivity index (χ3v) is 7.97. The normalized spacial score (nSPS) is 20.3. The summed E-state index contributed by atoms with van der Waals surface area (Å²) in [7, 11) is 0. The van der Waals surface area contributed by atoms with Crippen LogP contribution < -0.4 is 10.2 Å². The number of amides is 1. The minimum atomic E-state index is -0.267. The van der Waals surface area contributed by atoms with Crippen molar-refractivity contribution in [2.45, 2.75) is 32.5 Å². The van der Waals surface area contributed by atoms with Crippen LogP contribution in [0.2, 0.25) is 0 Å². The van der Waals surface area contributed by atoms with E-state index >= 15 is 0 Å². The van der Waals surface area contributed by atoms with E-state index in [1.807, 2.05) is 4.90 Å². The van der Waals surface area contributed by atoms with Crippen LogP contribution in [-0.4, -0.2) is 90.5 Å². The molecule has 2 saturated heterocycles. The van der Waals surface area contributed by atoms with Gasteiger partial charge < -0.3 is 29.3 Å². The molecule has 0 saturated carbocycles. The Hall–Kier alpha value is -2.60. The Balaban J connectivity index is 1.41. The molecule has 3 aromatic rings. The number of pyridine rings is 1. The van der Waals surface area contributed by atoms with E-state index in [0.29, 0.717) is 51.9 Å². The molecule has 3 aliphatic heterocycles. The number of anilines is 2. The predicted molar refractivity (Wildman–Crippen MR) is 134 cm³/mol. The first kappa shape index (κ1) is 22.8. The number of hydrogen-bond donors (Lipinski definition) is 1. The molecule has 0 radical (unpaired) electrons. The number of thiophene rings is 1. The van der Waals surface area contributed by atoms with Gasteiger partial charge in [-0.1, -0.05) is 0 Å². The summed E-state index contributed by atoms with van der Waals surface area (Å²) in [6.07, 6.45) is 2.36. The second kappa shape index (κ2) is 9.12. The van der Waals surface area contributed by atoms with Gasteiger partial charge in [0, 0.05) is 43.5 Å². The zero-order chi connectivity index (χ0) is 24.0. The number of nitrogens with one attached hydrogen (secondary N) is 1. The molecule has 11 heteroatoms. The molecular weight excluding hydrogens is 468 g/mol. The lowest BCUT2D eigenvalue weighted by atomic mass is 9.90. The Labute approximate surface area is 207 Å². The molecule has 0 atom stereocenters. The van der Waals surface area contributed by atoms with Crippen LogP contribution in [0.25, 0.3) is 20.4 Å². The zero-order valence-electron chi connectivity index (χ0n) is 20.1. The average Bonchev–Trinajstić information content (AvgIpc) is 3.26. The molecule has 2 fully saturated rings. The van der Waals surface area contributed by atoms with E-state index in [-0.39, 0.29) is 18.1 Å². The van der Waals surface area contributed by atoms with Gasteiger partial charge in [0.1, 0.15) is 22.8 Å². The minimum absolute atomic E-state index is 0.0465. The van der Waals surface area contributed by atoms with Crippen molar-refractivity contribution in [1.82, 2.24) is 19.9 Å². The van der Waals surface area contributed by atoms with E-state index in [1.54, 1.807) is 17.7 Å². The molecule has 0 unspecified atom stereocenters. The van der Waals surface area contributed by atoms with Crippen molar-refractivity contribution >= 4 is 49.3 Å². The highest BCUT2D eigenvalue weighted by Crippen LogP contribution is 2.44. The van der Waals surface area contributed by atoms with Crippen molar-refractivity contribution in [2.75, 3.05) is 69.4 Å². The van der Waals surface area contributed by atoms with Gasteiger partial charge in [-0.05, 0) is 19.4 Å². The van der Waals surface area contributed by atoms with Crippen LogP contribution in [0.1, 0.15) is 25.0 Å². The average molecular weight is 499 g/mol. The van der Waals surface area contributed by atoms with E-state index in [0.717, 1.165) is 51.3 Å². The van der Waals surface area contributed by atoms with Gasteiger partial charge in [-0.2, -0.15) is 0 Å². The summed E-state index contributed by atoms with van der Waals surface area (Å²) in [5.74, 6) is 1.71. The van der Waals surface area contributed by atoms with E-state index < -0.39 is 0 Å². The fourth-order valence-corrected chi connectivity index (χ4v) is 6.16. The van der Waals surface area contributed by atoms with Gasteiger partial charge in [-0.25, -0.2) is 15.0 Å². The van der Waals surface area contributed by atoms with E-state index in [1.165, 1.54) is 5.56 Å². The highest BCUT2D eigenvalue weighted by Gasteiger charge is 2.33. The fourth-order valence-electron chi connectivity index (χ4n) is 5.04. The molecule has 3 aliphatic rings. The molecule has 0 aliphatic carbocycles. The molecule has 1 amide bonds. The number of carbonyl (C=O) groups excluding carboxylic acids is 1. The molecule has 186 valence electrons. The highest BCUT2D eigenvalue weighted by molar-refractivity contribution is 7.26. The van der Waals surface area contributed by atoms with Gasteiger partial charge >= 0.3 is 0 Å². The van der Waals surface area contributed by atoms with E-state index in [2.05, 4.69) is 34.0 Å². The van der Waals surface area contributed by atoms with Gasteiger partial charge in [0.15, 0.2) is 0 Å². The van der Waals surface area contributed by atoms with Crippen LogP contribution in [-0.2, 0) is 32.0 Å². The zero-order valence-corrected chi connectivity index (χ0v) is 20.9. The third-order valence-electron chi connectivity index (χ3n) is 6.89. The summed E-state index contributed by atoms with van der Waals surface area (Å²) in [5, 5.41) is 4.35. The maximum absolute atomic E-state index is 12.7. The third kappa shape index (κ3) is 4.31. The summed E-state index contributed by atoms with van der Waals surface area (Å²) in [6.45, 7) is 10.4. The second-order valence-electron chi connectivity index (χ2n) is 9.75. The quantitative estimate of drug-likeness (QED) is 0.580. The summed E-state index contributed by atoms with van der Waals surface area (Å²) in [5.41, 5.74) is 3.02. The summed E-state index contributed by atoms with van der Waals surface area (Å²) < 4.78 is 18.1. The smallest absolute Gasteiger partial charge is 0.242 e. The van der Waals surface area contributed by atoms with Gasteiger partial charge in [-0.15, -0.1) is 11.3 Å². The van der Waals surface area contributed by atoms with Crippen molar-refractivity contribution in [3.05, 3.63) is 17.5 Å². The van der Waals surface area contributed by atoms with Crippen LogP contribution in [0, 0.1) is 0 Å². The Bertz CT molecular complexity index is 1270. The van der Waals surface area contributed by atoms with Crippen LogP contribution in [0.4, 0.5) is 11.6 Å². The Morgan fingerprint density at radius 2 is 1.83 bits per heavy atom. The first-order chi connectivity index (χ1) is 17.0. The molecule has 0 bridgehead atoms. The molecule has 0 spiro atoms. The van der Waals surface area contributed by atoms with Crippen molar-refractivity contribution in [1.29, 1.82) is 0 Å². The van der Waals surface area contributed by atoms with Crippen molar-refractivity contribution in [3.63, 3.8) is 0 Å². The van der Waals surface area contributed by atoms with E-state index in [9.17, 15) is 4.79 Å². The highest BCUT2D eigenvalue weighted by atomic mass is 32.1. The van der Waals surface area contributed by atoms with Crippen LogP contribution in [0.5, 0.6) is 0 Å². The molecule has 1 N–H and O–H groups in total.